The van der Waals surface area contributed by atoms with Crippen LogP contribution in [0.1, 0.15) is 31.7 Å². The fraction of sp³-hybridized carbons (Fsp3) is 0.533. The van der Waals surface area contributed by atoms with Gasteiger partial charge < -0.3 is 14.3 Å². The minimum absolute atomic E-state index is 0.520. The third kappa shape index (κ3) is 2.49. The Morgan fingerprint density at radius 1 is 1.30 bits per heavy atom. The number of aromatic nitrogens is 2. The van der Waals surface area contributed by atoms with Gasteiger partial charge in [0.1, 0.15) is 5.75 Å². The molecular formula is C15H20N2OS2. The van der Waals surface area contributed by atoms with Crippen LogP contribution in [0.15, 0.2) is 18.2 Å². The number of imidazole rings is 1. The summed E-state index contributed by atoms with van der Waals surface area (Å²) in [5.41, 5.74) is 2.27. The van der Waals surface area contributed by atoms with E-state index in [1.54, 1.807) is 7.11 Å². The summed E-state index contributed by atoms with van der Waals surface area (Å²) in [5, 5.41) is 0.820. The molecule has 1 aromatic carbocycles. The Hall–Kier alpha value is -0.940. The first kappa shape index (κ1) is 14.0. The smallest absolute Gasteiger partial charge is 0.178 e. The molecule has 1 aliphatic rings. The Bertz CT molecular complexity index is 653. The van der Waals surface area contributed by atoms with E-state index in [2.05, 4.69) is 21.9 Å². The number of ether oxygens (including phenoxy) is 1. The Labute approximate surface area is 128 Å². The number of H-pyrrole nitrogens is 1. The lowest BCUT2D eigenvalue weighted by Crippen LogP contribution is -2.19. The number of benzene rings is 1. The van der Waals surface area contributed by atoms with Gasteiger partial charge in [-0.05, 0) is 56.3 Å². The predicted octanol–water partition coefficient (Wildman–Crippen LogP) is 4.55. The van der Waals surface area contributed by atoms with Crippen molar-refractivity contribution in [3.63, 3.8) is 0 Å². The van der Waals surface area contributed by atoms with E-state index in [-0.39, 0.29) is 0 Å². The van der Waals surface area contributed by atoms with Gasteiger partial charge in [-0.1, -0.05) is 0 Å². The number of nitrogens with one attached hydrogen (secondary N) is 1. The number of methoxy groups -OCH3 is 1. The van der Waals surface area contributed by atoms with Crippen molar-refractivity contribution in [3.05, 3.63) is 23.0 Å². The van der Waals surface area contributed by atoms with Gasteiger partial charge in [0.05, 0.1) is 18.1 Å². The van der Waals surface area contributed by atoms with E-state index in [0.717, 1.165) is 21.3 Å². The molecule has 1 fully saturated rings. The zero-order valence-corrected chi connectivity index (χ0v) is 13.5. The van der Waals surface area contributed by atoms with Crippen molar-refractivity contribution < 1.29 is 4.74 Å². The lowest BCUT2D eigenvalue weighted by Gasteiger charge is -2.28. The molecule has 0 bridgehead atoms. The van der Waals surface area contributed by atoms with Crippen LogP contribution in [-0.2, 0) is 0 Å². The van der Waals surface area contributed by atoms with Gasteiger partial charge in [0.25, 0.3) is 0 Å². The summed E-state index contributed by atoms with van der Waals surface area (Å²) in [6.07, 6.45) is 7.20. The molecule has 2 aromatic rings. The first-order chi connectivity index (χ1) is 9.72. The molecule has 0 saturated heterocycles. The maximum Gasteiger partial charge on any atom is 0.178 e. The Morgan fingerprint density at radius 2 is 2.05 bits per heavy atom. The third-order valence-electron chi connectivity index (χ3n) is 4.27. The highest BCUT2D eigenvalue weighted by molar-refractivity contribution is 7.99. The van der Waals surface area contributed by atoms with Gasteiger partial charge in [-0.25, -0.2) is 0 Å². The van der Waals surface area contributed by atoms with Gasteiger partial charge in [0.2, 0.25) is 0 Å². The van der Waals surface area contributed by atoms with Gasteiger partial charge in [-0.15, -0.1) is 0 Å². The Balaban J connectivity index is 1.98. The van der Waals surface area contributed by atoms with Crippen molar-refractivity contribution in [2.24, 2.45) is 0 Å². The maximum atomic E-state index is 5.53. The molecule has 1 heterocycles. The summed E-state index contributed by atoms with van der Waals surface area (Å²) in [6.45, 7) is 0. The van der Waals surface area contributed by atoms with Crippen LogP contribution < -0.4 is 4.74 Å². The summed E-state index contributed by atoms with van der Waals surface area (Å²) in [7, 11) is 1.70. The summed E-state index contributed by atoms with van der Waals surface area (Å²) in [6, 6.07) is 6.63. The molecule has 1 aliphatic carbocycles. The first-order valence-electron chi connectivity index (χ1n) is 7.04. The molecule has 1 N–H and O–H groups in total. The Morgan fingerprint density at radius 3 is 2.70 bits per heavy atom. The third-order valence-corrected chi connectivity index (χ3v) is 5.70. The number of nitrogens with zero attached hydrogens (tertiary/aromatic N) is 1. The van der Waals surface area contributed by atoms with E-state index in [9.17, 15) is 0 Å². The van der Waals surface area contributed by atoms with E-state index in [1.165, 1.54) is 31.2 Å². The number of thioether (sulfide) groups is 1. The second-order valence-electron chi connectivity index (χ2n) is 5.35. The summed E-state index contributed by atoms with van der Waals surface area (Å²) < 4.78 is 8.47. The molecule has 0 atom stereocenters. The number of hydrogen-bond donors (Lipinski definition) is 1. The van der Waals surface area contributed by atoms with Crippen LogP contribution in [0.2, 0.25) is 0 Å². The highest BCUT2D eigenvalue weighted by Gasteiger charge is 2.23. The summed E-state index contributed by atoms with van der Waals surface area (Å²) in [4.78, 5) is 3.32. The zero-order chi connectivity index (χ0) is 14.1. The quantitative estimate of drug-likeness (QED) is 0.843. The van der Waals surface area contributed by atoms with Crippen LogP contribution >= 0.6 is 24.0 Å². The fourth-order valence-corrected chi connectivity index (χ4v) is 4.23. The van der Waals surface area contributed by atoms with Crippen LogP contribution in [0.5, 0.6) is 5.75 Å². The molecule has 5 heteroatoms. The monoisotopic (exact) mass is 308 g/mol. The molecule has 1 aromatic heterocycles. The van der Waals surface area contributed by atoms with E-state index < -0.39 is 0 Å². The molecule has 1 saturated carbocycles. The zero-order valence-electron chi connectivity index (χ0n) is 11.9. The normalized spacial score (nSPS) is 23.1. The molecule has 108 valence electrons. The second-order valence-corrected chi connectivity index (χ2v) is 6.87. The topological polar surface area (TPSA) is 29.9 Å². The highest BCUT2D eigenvalue weighted by Crippen LogP contribution is 2.36. The number of hydrogen-bond acceptors (Lipinski definition) is 3. The van der Waals surface area contributed by atoms with Crippen molar-refractivity contribution in [1.29, 1.82) is 0 Å². The highest BCUT2D eigenvalue weighted by atomic mass is 32.2. The summed E-state index contributed by atoms with van der Waals surface area (Å²) in [5.74, 6) is 0.887. The van der Waals surface area contributed by atoms with Crippen molar-refractivity contribution >= 4 is 35.0 Å². The average molecular weight is 308 g/mol. The molecule has 0 aliphatic heterocycles. The van der Waals surface area contributed by atoms with E-state index in [0.29, 0.717) is 6.04 Å². The minimum Gasteiger partial charge on any atom is -0.497 e. The fourth-order valence-electron chi connectivity index (χ4n) is 3.13. The summed E-state index contributed by atoms with van der Waals surface area (Å²) >= 11 is 7.53. The van der Waals surface area contributed by atoms with Crippen LogP contribution in [0.3, 0.4) is 0 Å². The van der Waals surface area contributed by atoms with Gasteiger partial charge in [-0.3, -0.25) is 0 Å². The lowest BCUT2D eigenvalue weighted by molar-refractivity contribution is 0.363. The van der Waals surface area contributed by atoms with Gasteiger partial charge in [-0.2, -0.15) is 11.8 Å². The SMILES string of the molecule is COc1ccc2[nH]c(=S)n(C3CCC(SC)CC3)c2c1. The van der Waals surface area contributed by atoms with Crippen LogP contribution in [0.25, 0.3) is 11.0 Å². The van der Waals surface area contributed by atoms with Gasteiger partial charge in [0.15, 0.2) is 4.77 Å². The maximum absolute atomic E-state index is 5.53. The number of rotatable bonds is 3. The molecule has 3 nitrogen and oxygen atoms in total. The van der Waals surface area contributed by atoms with Gasteiger partial charge in [0, 0.05) is 17.4 Å². The minimum atomic E-state index is 0.520. The van der Waals surface area contributed by atoms with Crippen molar-refractivity contribution in [2.75, 3.05) is 13.4 Å². The standard InChI is InChI=1S/C15H20N2OS2/c1-18-11-5-8-13-14(9-11)17(15(19)16-13)10-3-6-12(20-2)7-4-10/h5,8-10,12H,3-4,6-7H2,1-2H3,(H,16,19). The molecule has 3 rings (SSSR count). The number of aromatic amines is 1. The molecule has 0 unspecified atom stereocenters. The lowest BCUT2D eigenvalue weighted by atomic mass is 9.94. The molecule has 0 radical (unpaired) electrons. The van der Waals surface area contributed by atoms with Gasteiger partial charge >= 0.3 is 0 Å². The van der Waals surface area contributed by atoms with Crippen LogP contribution in [0, 0.1) is 4.77 Å². The largest absolute Gasteiger partial charge is 0.497 e. The average Bonchev–Trinajstić information content (AvgIpc) is 2.82. The molecular weight excluding hydrogens is 288 g/mol. The Kier molecular flexibility index (Phi) is 4.08. The second kappa shape index (κ2) is 5.82. The molecule has 0 amide bonds. The molecule has 20 heavy (non-hydrogen) atoms. The molecule has 0 spiro atoms. The van der Waals surface area contributed by atoms with Crippen LogP contribution in [-0.4, -0.2) is 28.2 Å². The van der Waals surface area contributed by atoms with E-state index in [4.69, 9.17) is 17.0 Å². The van der Waals surface area contributed by atoms with Crippen molar-refractivity contribution in [1.82, 2.24) is 9.55 Å². The van der Waals surface area contributed by atoms with E-state index in [1.807, 2.05) is 23.9 Å². The number of fused-ring (bicyclic) bond motifs is 1. The van der Waals surface area contributed by atoms with Crippen LogP contribution in [0.4, 0.5) is 0 Å². The predicted molar refractivity (Wildman–Crippen MR) is 88.5 cm³/mol. The first-order valence-corrected chi connectivity index (χ1v) is 8.73. The van der Waals surface area contributed by atoms with E-state index >= 15 is 0 Å². The van der Waals surface area contributed by atoms with Crippen molar-refractivity contribution in [2.45, 2.75) is 37.0 Å². The van der Waals surface area contributed by atoms with Crippen molar-refractivity contribution in [3.8, 4) is 5.75 Å².